The van der Waals surface area contributed by atoms with Crippen LogP contribution >= 0.6 is 0 Å². The van der Waals surface area contributed by atoms with Crippen molar-refractivity contribution >= 4 is 5.78 Å². The van der Waals surface area contributed by atoms with Crippen LogP contribution < -0.4 is 0 Å². The zero-order valence-corrected chi connectivity index (χ0v) is 32.9. The summed E-state index contributed by atoms with van der Waals surface area (Å²) in [5.74, 6) is -60.8. The average molecular weight is 997 g/mol. The number of aromatic amines is 4. The molecule has 0 amide bonds. The molecule has 0 saturated carbocycles. The Kier molecular flexibility index (Phi) is 12.1. The van der Waals surface area contributed by atoms with Gasteiger partial charge in [0.25, 0.3) is 0 Å². The smallest absolute Gasteiger partial charge is 0.215 e. The molecular weight excluding hydrogens is 980 g/mol. The molecular formula is C44H16F20N4O. The summed E-state index contributed by atoms with van der Waals surface area (Å²) in [4.78, 5) is 22.3. The molecule has 0 radical (unpaired) electrons. The van der Waals surface area contributed by atoms with Gasteiger partial charge < -0.3 is 19.9 Å². The third kappa shape index (κ3) is 7.40. The molecule has 0 aliphatic carbocycles. The molecule has 5 nitrogen and oxygen atoms in total. The van der Waals surface area contributed by atoms with E-state index >= 15 is 26.3 Å². The lowest BCUT2D eigenvalue weighted by molar-refractivity contribution is 0.102. The highest BCUT2D eigenvalue weighted by molar-refractivity contribution is 6.08. The minimum Gasteiger partial charge on any atom is -0.364 e. The van der Waals surface area contributed by atoms with Crippen LogP contribution in [-0.2, 0) is 0 Å². The van der Waals surface area contributed by atoms with Crippen molar-refractivity contribution in [3.05, 3.63) is 233 Å². The van der Waals surface area contributed by atoms with Gasteiger partial charge >= 0.3 is 0 Å². The predicted molar refractivity (Wildman–Crippen MR) is 194 cm³/mol. The number of benzene rings is 4. The second kappa shape index (κ2) is 17.4. The number of H-pyrrole nitrogens is 4. The van der Waals surface area contributed by atoms with E-state index in [1.54, 1.807) is 0 Å². The minimum absolute atomic E-state index is 0.337. The van der Waals surface area contributed by atoms with Crippen molar-refractivity contribution in [2.24, 2.45) is 0 Å². The molecule has 0 bridgehead atoms. The van der Waals surface area contributed by atoms with Gasteiger partial charge in [-0.2, -0.15) is 0 Å². The molecule has 4 aromatic carbocycles. The van der Waals surface area contributed by atoms with Gasteiger partial charge in [0.05, 0.1) is 23.4 Å². The van der Waals surface area contributed by atoms with E-state index in [9.17, 15) is 66.3 Å². The third-order valence-corrected chi connectivity index (χ3v) is 11.0. The number of carbonyl (C=O) groups excluding carboxylic acids is 1. The van der Waals surface area contributed by atoms with Crippen molar-refractivity contribution in [2.45, 2.75) is 17.8 Å². The molecule has 8 rings (SSSR count). The summed E-state index contributed by atoms with van der Waals surface area (Å²) in [7, 11) is 0. The van der Waals surface area contributed by atoms with Gasteiger partial charge in [-0.05, 0) is 47.5 Å². The van der Waals surface area contributed by atoms with Gasteiger partial charge in [0, 0.05) is 58.1 Å². The lowest BCUT2D eigenvalue weighted by atomic mass is 9.85. The van der Waals surface area contributed by atoms with Crippen LogP contribution in [0.25, 0.3) is 0 Å². The Bertz CT molecular complexity index is 3290. The molecule has 0 spiro atoms. The fraction of sp³-hybridized carbons (Fsp3) is 0.0682. The maximum atomic E-state index is 15.8. The van der Waals surface area contributed by atoms with E-state index < -0.39 is 196 Å². The number of hydrogen-bond donors (Lipinski definition) is 4. The number of nitrogens with one attached hydrogen (secondary N) is 4. The van der Waals surface area contributed by atoms with Crippen molar-refractivity contribution in [3.8, 4) is 0 Å². The highest BCUT2D eigenvalue weighted by Crippen LogP contribution is 2.44. The second-order valence-corrected chi connectivity index (χ2v) is 14.8. The number of ketones is 1. The SMILES string of the molecule is O=C(c1ccc(C(c2c[nH]c(C(c3c[nH]c(C(c4ccc[nH]4)c4c(F)c(F)c(F)c(F)c4F)c3)c3c(F)c(F)c(F)c(F)c3F)c2)c2c(F)c(F)c(F)c(F)c2F)[nH]1)c1c(F)c(F)c(F)c(F)c1F. The quantitative estimate of drug-likeness (QED) is 0.0443. The van der Waals surface area contributed by atoms with Gasteiger partial charge in [-0.1, -0.05) is 0 Å². The normalized spacial score (nSPS) is 13.1. The molecule has 0 aliphatic heterocycles. The van der Waals surface area contributed by atoms with E-state index in [1.165, 1.54) is 6.07 Å². The van der Waals surface area contributed by atoms with Gasteiger partial charge in [-0.25, -0.2) is 87.8 Å². The van der Waals surface area contributed by atoms with E-state index in [1.807, 2.05) is 4.98 Å². The topological polar surface area (TPSA) is 80.2 Å². The lowest BCUT2D eigenvalue weighted by Gasteiger charge is -2.20. The molecule has 25 heteroatoms. The van der Waals surface area contributed by atoms with E-state index in [-0.39, 0.29) is 5.69 Å². The summed E-state index contributed by atoms with van der Waals surface area (Å²) in [6.45, 7) is 0. The van der Waals surface area contributed by atoms with E-state index in [4.69, 9.17) is 0 Å². The first-order valence-electron chi connectivity index (χ1n) is 18.8. The lowest BCUT2D eigenvalue weighted by Crippen LogP contribution is -2.16. The fourth-order valence-corrected chi connectivity index (χ4v) is 7.81. The summed E-state index contributed by atoms with van der Waals surface area (Å²) >= 11 is 0. The molecule has 3 atom stereocenters. The third-order valence-electron chi connectivity index (χ3n) is 11.0. The first-order chi connectivity index (χ1) is 32.5. The molecule has 358 valence electrons. The van der Waals surface area contributed by atoms with Crippen LogP contribution in [0.3, 0.4) is 0 Å². The molecule has 0 saturated heterocycles. The molecule has 4 aromatic heterocycles. The number of rotatable bonds is 11. The van der Waals surface area contributed by atoms with Crippen molar-refractivity contribution < 1.29 is 92.6 Å². The Labute approximate surface area is 369 Å². The molecule has 4 N–H and O–H groups in total. The first kappa shape index (κ1) is 47.8. The summed E-state index contributed by atoms with van der Waals surface area (Å²) in [6.07, 6.45) is 2.39. The van der Waals surface area contributed by atoms with Crippen LogP contribution in [0.1, 0.15) is 84.4 Å². The number of hydrogen-bond acceptors (Lipinski definition) is 1. The highest BCUT2D eigenvalue weighted by Gasteiger charge is 2.39. The maximum Gasteiger partial charge on any atom is 0.215 e. The van der Waals surface area contributed by atoms with Crippen LogP contribution in [0.15, 0.2) is 55.0 Å². The Balaban J connectivity index is 1.35. The van der Waals surface area contributed by atoms with Gasteiger partial charge in [-0.3, -0.25) is 4.79 Å². The van der Waals surface area contributed by atoms with Crippen LogP contribution in [0.2, 0.25) is 0 Å². The average Bonchev–Trinajstić information content (AvgIpc) is 4.20. The zero-order valence-electron chi connectivity index (χ0n) is 32.9. The van der Waals surface area contributed by atoms with Crippen molar-refractivity contribution in [2.75, 3.05) is 0 Å². The van der Waals surface area contributed by atoms with E-state index in [2.05, 4.69) is 15.0 Å². The van der Waals surface area contributed by atoms with Gasteiger partial charge in [0.15, 0.2) is 93.1 Å². The first-order valence-corrected chi connectivity index (χ1v) is 18.8. The minimum atomic E-state index is -2.73. The fourth-order valence-electron chi connectivity index (χ4n) is 7.81. The highest BCUT2D eigenvalue weighted by atomic mass is 19.2. The zero-order chi connectivity index (χ0) is 50.4. The van der Waals surface area contributed by atoms with Crippen molar-refractivity contribution in [1.82, 2.24) is 19.9 Å². The monoisotopic (exact) mass is 996 g/mol. The molecule has 69 heavy (non-hydrogen) atoms. The molecule has 0 aliphatic rings. The number of halogens is 20. The van der Waals surface area contributed by atoms with Crippen LogP contribution in [-0.4, -0.2) is 25.7 Å². The number of aromatic nitrogens is 4. The summed E-state index contributed by atoms with van der Waals surface area (Å²) in [5.41, 5.74) is -12.6. The van der Waals surface area contributed by atoms with Gasteiger partial charge in [0.2, 0.25) is 29.1 Å². The van der Waals surface area contributed by atoms with Crippen molar-refractivity contribution in [3.63, 3.8) is 0 Å². The van der Waals surface area contributed by atoms with Crippen LogP contribution in [0.4, 0.5) is 87.8 Å². The Morgan fingerprint density at radius 1 is 0.348 bits per heavy atom. The predicted octanol–water partition coefficient (Wildman–Crippen LogP) is 12.6. The van der Waals surface area contributed by atoms with Crippen LogP contribution in [0.5, 0.6) is 0 Å². The van der Waals surface area contributed by atoms with Crippen LogP contribution in [0, 0.1) is 116 Å². The Morgan fingerprint density at radius 3 is 1.06 bits per heavy atom. The summed E-state index contributed by atoms with van der Waals surface area (Å²) < 4.78 is 296. The molecule has 3 unspecified atom stereocenters. The standard InChI is InChI=1S/C44H16F20N4O/c45-24-20(25(46)33(54)40(61)32(24)53)17(13-3-4-14(68-13)44(69)23-30(51)38(59)43(64)39(60)31(23)52)10-6-15(66-8-10)18(21-26(47)34(55)41(62)35(56)27(21)48)11-7-16(67-9-11)19(12-2-1-5-65-12)22-28(49)36(57)42(63)37(58)29(22)50/h1-9,17-19,65-68H. The second-order valence-electron chi connectivity index (χ2n) is 14.8. The Hall–Kier alpha value is -7.73. The van der Waals surface area contributed by atoms with E-state index in [0.717, 1.165) is 12.3 Å². The van der Waals surface area contributed by atoms with Gasteiger partial charge in [-0.15, -0.1) is 0 Å². The Morgan fingerprint density at radius 2 is 0.681 bits per heavy atom. The molecule has 8 aromatic rings. The maximum absolute atomic E-state index is 15.8. The summed E-state index contributed by atoms with van der Waals surface area (Å²) in [5, 5.41) is 0. The van der Waals surface area contributed by atoms with E-state index in [0.29, 0.717) is 36.7 Å². The van der Waals surface area contributed by atoms with Crippen molar-refractivity contribution in [1.29, 1.82) is 0 Å². The molecule has 0 fully saturated rings. The van der Waals surface area contributed by atoms with Gasteiger partial charge in [0.1, 0.15) is 5.56 Å². The molecule has 4 heterocycles. The summed E-state index contributed by atoms with van der Waals surface area (Å²) in [6, 6.07) is 4.58. The number of carbonyl (C=O) groups is 1. The largest absolute Gasteiger partial charge is 0.364 e.